The number of ketones is 1. The highest BCUT2D eigenvalue weighted by molar-refractivity contribution is 6.30. The second-order valence-corrected chi connectivity index (χ2v) is 7.31. The standard InChI is InChI=1S/C22H21ClN2O5/c23-17-7-3-14(4-8-17)22(29)24-11-1-2-21(28)30-13-19(26)16-5-9-18-15(12-16)6-10-20(27)25-18/h3-5,7-9,12H,1-2,6,10-11,13H2,(H,24,29)(H,25,27). The first kappa shape index (κ1) is 21.5. The number of nitrogens with one attached hydrogen (secondary N) is 2. The Hall–Kier alpha value is -3.19. The van der Waals surface area contributed by atoms with Crippen LogP contribution in [0.1, 0.15) is 45.5 Å². The largest absolute Gasteiger partial charge is 0.457 e. The highest BCUT2D eigenvalue weighted by Crippen LogP contribution is 2.23. The molecular weight excluding hydrogens is 408 g/mol. The highest BCUT2D eigenvalue weighted by atomic mass is 35.5. The number of Topliss-reactive ketones (excluding diaryl/α,β-unsaturated/α-hetero) is 1. The lowest BCUT2D eigenvalue weighted by Crippen LogP contribution is -2.25. The van der Waals surface area contributed by atoms with Crippen LogP contribution in [-0.2, 0) is 20.7 Å². The molecule has 2 N–H and O–H groups in total. The zero-order valence-electron chi connectivity index (χ0n) is 16.2. The molecule has 1 heterocycles. The molecule has 8 heteroatoms. The van der Waals surface area contributed by atoms with Gasteiger partial charge in [-0.25, -0.2) is 0 Å². The van der Waals surface area contributed by atoms with Crippen molar-refractivity contribution in [1.82, 2.24) is 5.32 Å². The van der Waals surface area contributed by atoms with Gasteiger partial charge in [0.1, 0.15) is 0 Å². The zero-order chi connectivity index (χ0) is 21.5. The average Bonchev–Trinajstić information content (AvgIpc) is 2.75. The van der Waals surface area contributed by atoms with Crippen molar-refractivity contribution in [2.45, 2.75) is 25.7 Å². The number of ether oxygens (including phenoxy) is 1. The van der Waals surface area contributed by atoms with Gasteiger partial charge >= 0.3 is 5.97 Å². The van der Waals surface area contributed by atoms with Crippen molar-refractivity contribution in [1.29, 1.82) is 0 Å². The smallest absolute Gasteiger partial charge is 0.306 e. The number of benzene rings is 2. The predicted molar refractivity (Wildman–Crippen MR) is 112 cm³/mol. The third-order valence-corrected chi connectivity index (χ3v) is 4.89. The molecule has 0 saturated heterocycles. The molecule has 1 aliphatic heterocycles. The van der Waals surface area contributed by atoms with E-state index < -0.39 is 5.97 Å². The van der Waals surface area contributed by atoms with E-state index in [0.29, 0.717) is 47.6 Å². The van der Waals surface area contributed by atoms with Crippen LogP contribution in [0.2, 0.25) is 5.02 Å². The molecule has 0 spiro atoms. The second kappa shape index (κ2) is 10.0. The molecule has 2 aromatic carbocycles. The van der Waals surface area contributed by atoms with Gasteiger partial charge in [0.25, 0.3) is 5.91 Å². The minimum atomic E-state index is -0.505. The molecule has 0 aromatic heterocycles. The maximum atomic E-state index is 12.3. The van der Waals surface area contributed by atoms with E-state index in [-0.39, 0.29) is 30.6 Å². The number of hydrogen-bond acceptors (Lipinski definition) is 5. The minimum Gasteiger partial charge on any atom is -0.457 e. The molecule has 0 aliphatic carbocycles. The Labute approximate surface area is 178 Å². The van der Waals surface area contributed by atoms with Gasteiger partial charge < -0.3 is 15.4 Å². The summed E-state index contributed by atoms with van der Waals surface area (Å²) in [5.41, 5.74) is 2.52. The van der Waals surface area contributed by atoms with E-state index in [2.05, 4.69) is 10.6 Å². The Kier molecular flexibility index (Phi) is 7.19. The van der Waals surface area contributed by atoms with Gasteiger partial charge in [0.05, 0.1) is 0 Å². The molecule has 7 nitrogen and oxygen atoms in total. The maximum Gasteiger partial charge on any atom is 0.306 e. The van der Waals surface area contributed by atoms with E-state index in [0.717, 1.165) is 5.56 Å². The van der Waals surface area contributed by atoms with Crippen molar-refractivity contribution in [2.75, 3.05) is 18.5 Å². The van der Waals surface area contributed by atoms with Crippen LogP contribution >= 0.6 is 11.6 Å². The van der Waals surface area contributed by atoms with Crippen molar-refractivity contribution in [3.63, 3.8) is 0 Å². The Balaban J connectivity index is 1.37. The number of carbonyl (C=O) groups excluding carboxylic acids is 4. The molecule has 0 atom stereocenters. The van der Waals surface area contributed by atoms with E-state index >= 15 is 0 Å². The van der Waals surface area contributed by atoms with Crippen LogP contribution in [0.25, 0.3) is 0 Å². The fourth-order valence-corrected chi connectivity index (χ4v) is 3.12. The van der Waals surface area contributed by atoms with Gasteiger partial charge in [0.2, 0.25) is 5.91 Å². The van der Waals surface area contributed by atoms with E-state index in [1.165, 1.54) is 0 Å². The van der Waals surface area contributed by atoms with E-state index in [9.17, 15) is 19.2 Å². The van der Waals surface area contributed by atoms with Crippen molar-refractivity contribution >= 4 is 40.9 Å². The summed E-state index contributed by atoms with van der Waals surface area (Å²) in [6, 6.07) is 11.5. The second-order valence-electron chi connectivity index (χ2n) is 6.87. The number of carbonyl (C=O) groups is 4. The van der Waals surface area contributed by atoms with Gasteiger partial charge in [0.15, 0.2) is 12.4 Å². The fourth-order valence-electron chi connectivity index (χ4n) is 3.00. The third-order valence-electron chi connectivity index (χ3n) is 4.64. The van der Waals surface area contributed by atoms with Gasteiger partial charge in [-0.05, 0) is 60.9 Å². The first-order valence-electron chi connectivity index (χ1n) is 9.58. The number of anilines is 1. The molecule has 2 amide bonds. The van der Waals surface area contributed by atoms with Crippen LogP contribution in [-0.4, -0.2) is 36.7 Å². The summed E-state index contributed by atoms with van der Waals surface area (Å²) in [5.74, 6) is -1.10. The molecule has 0 saturated carbocycles. The number of halogens is 1. The topological polar surface area (TPSA) is 102 Å². The molecule has 156 valence electrons. The maximum absolute atomic E-state index is 12.3. The number of esters is 1. The molecule has 1 aliphatic rings. The molecule has 3 rings (SSSR count). The number of rotatable bonds is 8. The monoisotopic (exact) mass is 428 g/mol. The van der Waals surface area contributed by atoms with Crippen molar-refractivity contribution < 1.29 is 23.9 Å². The van der Waals surface area contributed by atoms with E-state index in [1.54, 1.807) is 42.5 Å². The lowest BCUT2D eigenvalue weighted by Gasteiger charge is -2.17. The van der Waals surface area contributed by atoms with Crippen LogP contribution in [0.3, 0.4) is 0 Å². The summed E-state index contributed by atoms with van der Waals surface area (Å²) >= 11 is 5.78. The molecule has 0 bridgehead atoms. The normalized spacial score (nSPS) is 12.5. The van der Waals surface area contributed by atoms with Crippen LogP contribution in [0, 0.1) is 0 Å². The van der Waals surface area contributed by atoms with Crippen molar-refractivity contribution in [3.05, 3.63) is 64.2 Å². The van der Waals surface area contributed by atoms with E-state index in [4.69, 9.17) is 16.3 Å². The first-order chi connectivity index (χ1) is 14.4. The number of aryl methyl sites for hydroxylation is 1. The summed E-state index contributed by atoms with van der Waals surface area (Å²) < 4.78 is 5.04. The van der Waals surface area contributed by atoms with Crippen LogP contribution in [0.15, 0.2) is 42.5 Å². The van der Waals surface area contributed by atoms with Crippen LogP contribution < -0.4 is 10.6 Å². The summed E-state index contributed by atoms with van der Waals surface area (Å²) in [4.78, 5) is 47.5. The summed E-state index contributed by atoms with van der Waals surface area (Å²) in [6.07, 6.45) is 1.44. The molecular formula is C22H21ClN2O5. The summed E-state index contributed by atoms with van der Waals surface area (Å²) in [6.45, 7) is -0.0395. The Morgan fingerprint density at radius 2 is 1.77 bits per heavy atom. The quantitative estimate of drug-likeness (QED) is 0.382. The summed E-state index contributed by atoms with van der Waals surface area (Å²) in [7, 11) is 0. The number of hydrogen-bond donors (Lipinski definition) is 2. The fraction of sp³-hybridized carbons (Fsp3) is 0.273. The summed E-state index contributed by atoms with van der Waals surface area (Å²) in [5, 5.41) is 6.01. The number of amides is 2. The van der Waals surface area contributed by atoms with Gasteiger partial charge in [-0.1, -0.05) is 11.6 Å². The average molecular weight is 429 g/mol. The zero-order valence-corrected chi connectivity index (χ0v) is 17.0. The molecule has 30 heavy (non-hydrogen) atoms. The van der Waals surface area contributed by atoms with E-state index in [1.807, 2.05) is 0 Å². The first-order valence-corrected chi connectivity index (χ1v) is 9.95. The van der Waals surface area contributed by atoms with Crippen LogP contribution in [0.4, 0.5) is 5.69 Å². The van der Waals surface area contributed by atoms with Crippen molar-refractivity contribution in [2.24, 2.45) is 0 Å². The predicted octanol–water partition coefficient (Wildman–Crippen LogP) is 3.16. The van der Waals surface area contributed by atoms with Crippen LogP contribution in [0.5, 0.6) is 0 Å². The highest BCUT2D eigenvalue weighted by Gasteiger charge is 2.17. The molecule has 0 radical (unpaired) electrons. The van der Waals surface area contributed by atoms with Gasteiger partial charge in [-0.3, -0.25) is 19.2 Å². The Bertz CT molecular complexity index is 972. The Morgan fingerprint density at radius 3 is 2.53 bits per heavy atom. The molecule has 0 fully saturated rings. The van der Waals surface area contributed by atoms with Crippen molar-refractivity contribution in [3.8, 4) is 0 Å². The SMILES string of the molecule is O=C1CCc2cc(C(=O)COC(=O)CCCNC(=O)c3ccc(Cl)cc3)ccc2N1. The third kappa shape index (κ3) is 5.90. The van der Waals surface area contributed by atoms with Gasteiger partial charge in [-0.2, -0.15) is 0 Å². The van der Waals surface area contributed by atoms with Gasteiger partial charge in [0, 0.05) is 41.2 Å². The number of fused-ring (bicyclic) bond motifs is 1. The molecule has 0 unspecified atom stereocenters. The lowest BCUT2D eigenvalue weighted by molar-refractivity contribution is -0.142. The molecule has 2 aromatic rings. The lowest BCUT2D eigenvalue weighted by atomic mass is 9.99. The Morgan fingerprint density at radius 1 is 1.03 bits per heavy atom. The minimum absolute atomic E-state index is 0.0418. The van der Waals surface area contributed by atoms with Gasteiger partial charge in [-0.15, -0.1) is 0 Å².